The van der Waals surface area contributed by atoms with Crippen LogP contribution in [-0.2, 0) is 11.3 Å². The molecule has 4 nitrogen and oxygen atoms in total. The van der Waals surface area contributed by atoms with Crippen LogP contribution in [0.1, 0.15) is 25.5 Å². The van der Waals surface area contributed by atoms with Crippen molar-refractivity contribution in [3.8, 4) is 0 Å². The second kappa shape index (κ2) is 5.08. The van der Waals surface area contributed by atoms with Crippen LogP contribution in [0.5, 0.6) is 0 Å². The molecule has 0 bridgehead atoms. The summed E-state index contributed by atoms with van der Waals surface area (Å²) in [6.45, 7) is 6.06. The number of aryl methyl sites for hydroxylation is 1. The van der Waals surface area contributed by atoms with Gasteiger partial charge in [0.25, 0.3) is 0 Å². The summed E-state index contributed by atoms with van der Waals surface area (Å²) in [6.07, 6.45) is 4.03. The molecule has 1 amide bonds. The predicted molar refractivity (Wildman–Crippen MR) is 67.0 cm³/mol. The van der Waals surface area contributed by atoms with Gasteiger partial charge in [0.05, 0.1) is 10.7 Å². The lowest BCUT2D eigenvalue weighted by Gasteiger charge is -2.30. The lowest BCUT2D eigenvalue weighted by atomic mass is 10.0. The van der Waals surface area contributed by atoms with Crippen LogP contribution in [0.15, 0.2) is 6.20 Å². The number of likely N-dealkylation sites (tertiary alicyclic amines) is 1. The van der Waals surface area contributed by atoms with E-state index in [2.05, 4.69) is 12.0 Å². The molecular formula is C12H18ClN3O. The van der Waals surface area contributed by atoms with Gasteiger partial charge in [-0.1, -0.05) is 18.5 Å². The first kappa shape index (κ1) is 12.4. The summed E-state index contributed by atoms with van der Waals surface area (Å²) in [5, 5.41) is 4.82. The lowest BCUT2D eigenvalue weighted by Crippen LogP contribution is -2.40. The molecule has 1 aliphatic rings. The molecule has 5 heteroatoms. The molecule has 0 spiro atoms. The smallest absolute Gasteiger partial charge is 0.244 e. The highest BCUT2D eigenvalue weighted by molar-refractivity contribution is 6.31. The zero-order valence-electron chi connectivity index (χ0n) is 10.3. The molecule has 0 saturated carbocycles. The first-order valence-corrected chi connectivity index (χ1v) is 6.41. The number of carbonyl (C=O) groups excluding carboxylic acids is 1. The van der Waals surface area contributed by atoms with Crippen molar-refractivity contribution in [1.82, 2.24) is 14.7 Å². The first-order valence-electron chi connectivity index (χ1n) is 6.03. The van der Waals surface area contributed by atoms with Gasteiger partial charge < -0.3 is 4.90 Å². The number of piperidine rings is 1. The molecule has 2 heterocycles. The number of hydrogen-bond donors (Lipinski definition) is 0. The third-order valence-corrected chi connectivity index (χ3v) is 3.56. The minimum Gasteiger partial charge on any atom is -0.341 e. The van der Waals surface area contributed by atoms with Crippen LogP contribution < -0.4 is 0 Å². The maximum Gasteiger partial charge on any atom is 0.244 e. The quantitative estimate of drug-likeness (QED) is 0.812. The third-order valence-electron chi connectivity index (χ3n) is 3.19. The van der Waals surface area contributed by atoms with Crippen molar-refractivity contribution in [3.05, 3.63) is 16.9 Å². The molecule has 1 aromatic rings. The zero-order chi connectivity index (χ0) is 12.4. The molecule has 1 aromatic heterocycles. The number of hydrogen-bond acceptors (Lipinski definition) is 2. The topological polar surface area (TPSA) is 38.1 Å². The molecule has 1 saturated heterocycles. The van der Waals surface area contributed by atoms with E-state index in [1.807, 2.05) is 11.8 Å². The minimum atomic E-state index is 0.135. The van der Waals surface area contributed by atoms with Gasteiger partial charge >= 0.3 is 0 Å². The van der Waals surface area contributed by atoms with E-state index in [1.165, 1.54) is 6.42 Å². The van der Waals surface area contributed by atoms with Gasteiger partial charge in [-0.3, -0.25) is 9.48 Å². The number of aromatic nitrogens is 2. The summed E-state index contributed by atoms with van der Waals surface area (Å²) < 4.78 is 1.62. The molecule has 1 atom stereocenters. The van der Waals surface area contributed by atoms with E-state index in [1.54, 1.807) is 10.9 Å². The van der Waals surface area contributed by atoms with Crippen molar-refractivity contribution >= 4 is 17.5 Å². The average Bonchev–Trinajstić information content (AvgIpc) is 2.58. The van der Waals surface area contributed by atoms with E-state index in [0.29, 0.717) is 17.5 Å². The van der Waals surface area contributed by atoms with Crippen molar-refractivity contribution < 1.29 is 4.79 Å². The molecule has 0 aromatic carbocycles. The van der Waals surface area contributed by atoms with Gasteiger partial charge in [0.2, 0.25) is 5.91 Å². The molecule has 1 aliphatic heterocycles. The van der Waals surface area contributed by atoms with Crippen molar-refractivity contribution in [1.29, 1.82) is 0 Å². The second-order valence-corrected chi connectivity index (χ2v) is 5.25. The molecular weight excluding hydrogens is 238 g/mol. The predicted octanol–water partition coefficient (Wildman–Crippen LogP) is 2.10. The lowest BCUT2D eigenvalue weighted by molar-refractivity contribution is -0.133. The fourth-order valence-corrected chi connectivity index (χ4v) is 2.38. The Morgan fingerprint density at radius 2 is 2.41 bits per heavy atom. The summed E-state index contributed by atoms with van der Waals surface area (Å²) in [4.78, 5) is 14.0. The fourth-order valence-electron chi connectivity index (χ4n) is 2.23. The van der Waals surface area contributed by atoms with Crippen LogP contribution in [-0.4, -0.2) is 33.7 Å². The summed E-state index contributed by atoms with van der Waals surface area (Å²) in [5.74, 6) is 0.742. The number of halogens is 1. The Hall–Kier alpha value is -1.03. The molecule has 0 radical (unpaired) electrons. The normalized spacial score (nSPS) is 20.6. The minimum absolute atomic E-state index is 0.135. The van der Waals surface area contributed by atoms with Gasteiger partial charge in [0.1, 0.15) is 6.54 Å². The Morgan fingerprint density at radius 1 is 1.65 bits per heavy atom. The van der Waals surface area contributed by atoms with Gasteiger partial charge in [-0.2, -0.15) is 5.10 Å². The average molecular weight is 256 g/mol. The Morgan fingerprint density at radius 3 is 3.00 bits per heavy atom. The van der Waals surface area contributed by atoms with Gasteiger partial charge in [0.15, 0.2) is 0 Å². The Balaban J connectivity index is 1.96. The molecule has 17 heavy (non-hydrogen) atoms. The van der Waals surface area contributed by atoms with E-state index in [-0.39, 0.29) is 5.91 Å². The highest BCUT2D eigenvalue weighted by Gasteiger charge is 2.21. The Labute approximate surface area is 107 Å². The molecule has 0 unspecified atom stereocenters. The van der Waals surface area contributed by atoms with Gasteiger partial charge in [-0.15, -0.1) is 0 Å². The second-order valence-electron chi connectivity index (χ2n) is 4.85. The molecule has 94 valence electrons. The largest absolute Gasteiger partial charge is 0.341 e. The van der Waals surface area contributed by atoms with E-state index >= 15 is 0 Å². The highest BCUT2D eigenvalue weighted by Crippen LogP contribution is 2.16. The number of amides is 1. The first-order chi connectivity index (χ1) is 8.06. The highest BCUT2D eigenvalue weighted by atomic mass is 35.5. The fraction of sp³-hybridized carbons (Fsp3) is 0.667. The van der Waals surface area contributed by atoms with E-state index < -0.39 is 0 Å². The van der Waals surface area contributed by atoms with Crippen LogP contribution in [0.2, 0.25) is 5.02 Å². The van der Waals surface area contributed by atoms with Crippen molar-refractivity contribution in [2.75, 3.05) is 13.1 Å². The number of rotatable bonds is 2. The van der Waals surface area contributed by atoms with Crippen LogP contribution in [0.3, 0.4) is 0 Å². The van der Waals surface area contributed by atoms with E-state index in [4.69, 9.17) is 11.6 Å². The Kier molecular flexibility index (Phi) is 3.72. The third kappa shape index (κ3) is 3.00. The van der Waals surface area contributed by atoms with Crippen LogP contribution in [0.25, 0.3) is 0 Å². The standard InChI is InChI=1S/C12H18ClN3O/c1-9-4-3-5-15(6-9)12(17)8-16-7-11(13)10(2)14-16/h7,9H,3-6,8H2,1-2H3/t9-/m1/s1. The van der Waals surface area contributed by atoms with Crippen LogP contribution >= 0.6 is 11.6 Å². The van der Waals surface area contributed by atoms with Crippen molar-refractivity contribution in [2.24, 2.45) is 5.92 Å². The maximum absolute atomic E-state index is 12.1. The molecule has 0 N–H and O–H groups in total. The number of carbonyl (C=O) groups is 1. The Bertz CT molecular complexity index is 396. The van der Waals surface area contributed by atoms with Crippen molar-refractivity contribution in [2.45, 2.75) is 33.2 Å². The monoisotopic (exact) mass is 255 g/mol. The maximum atomic E-state index is 12.1. The van der Waals surface area contributed by atoms with Crippen LogP contribution in [0, 0.1) is 12.8 Å². The summed E-state index contributed by atoms with van der Waals surface area (Å²) in [6, 6.07) is 0. The van der Waals surface area contributed by atoms with Gasteiger partial charge in [0, 0.05) is 19.3 Å². The number of nitrogens with zero attached hydrogens (tertiary/aromatic N) is 3. The SMILES string of the molecule is Cc1nn(CC(=O)N2CCC[C@@H](C)C2)cc1Cl. The van der Waals surface area contributed by atoms with Gasteiger partial charge in [-0.25, -0.2) is 0 Å². The summed E-state index contributed by atoms with van der Waals surface area (Å²) in [7, 11) is 0. The van der Waals surface area contributed by atoms with Gasteiger partial charge in [-0.05, 0) is 25.7 Å². The molecule has 0 aliphatic carbocycles. The molecule has 2 rings (SSSR count). The zero-order valence-corrected chi connectivity index (χ0v) is 11.1. The summed E-state index contributed by atoms with van der Waals surface area (Å²) in [5.41, 5.74) is 0.770. The van der Waals surface area contributed by atoms with Crippen molar-refractivity contribution in [3.63, 3.8) is 0 Å². The van der Waals surface area contributed by atoms with E-state index in [9.17, 15) is 4.79 Å². The molecule has 1 fully saturated rings. The van der Waals surface area contributed by atoms with E-state index in [0.717, 1.165) is 25.2 Å². The van der Waals surface area contributed by atoms with Crippen LogP contribution in [0.4, 0.5) is 0 Å². The summed E-state index contributed by atoms with van der Waals surface area (Å²) >= 11 is 5.91.